The number of pyridine rings is 1. The molecule has 0 bridgehead atoms. The molecule has 5 heteroatoms. The van der Waals surface area contributed by atoms with Crippen LogP contribution in [0.25, 0.3) is 0 Å². The molecule has 4 nitrogen and oxygen atoms in total. The number of ether oxygens (including phenoxy) is 1. The van der Waals surface area contributed by atoms with Crippen LogP contribution in [0.1, 0.15) is 17.4 Å². The number of ketones is 2. The molecule has 1 aromatic heterocycles. The summed E-state index contributed by atoms with van der Waals surface area (Å²) in [6.07, 6.45) is 0.945. The zero-order valence-corrected chi connectivity index (χ0v) is 9.07. The van der Waals surface area contributed by atoms with Crippen LogP contribution in [0.3, 0.4) is 0 Å². The first-order valence-electron chi connectivity index (χ1n) is 4.73. The molecule has 1 atom stereocenters. The molecule has 0 aliphatic heterocycles. The fourth-order valence-corrected chi connectivity index (χ4v) is 1.16. The summed E-state index contributed by atoms with van der Waals surface area (Å²) < 4.78 is 17.2. The standard InChI is InChI=1S/C11H12FNO3/c1-7(10(14)6-16-2)11(15)9-4-3-8(12)5-13-9/h3-5,7H,6H2,1-2H3. The highest BCUT2D eigenvalue weighted by Crippen LogP contribution is 2.08. The lowest BCUT2D eigenvalue weighted by Gasteiger charge is -2.07. The molecule has 0 amide bonds. The summed E-state index contributed by atoms with van der Waals surface area (Å²) in [5.74, 6) is -2.09. The van der Waals surface area contributed by atoms with Crippen molar-refractivity contribution in [3.8, 4) is 0 Å². The van der Waals surface area contributed by atoms with Gasteiger partial charge >= 0.3 is 0 Å². The average Bonchev–Trinajstić information content (AvgIpc) is 2.28. The van der Waals surface area contributed by atoms with Crippen molar-refractivity contribution < 1.29 is 18.7 Å². The van der Waals surface area contributed by atoms with E-state index in [9.17, 15) is 14.0 Å². The van der Waals surface area contributed by atoms with Gasteiger partial charge in [-0.2, -0.15) is 0 Å². The smallest absolute Gasteiger partial charge is 0.191 e. The summed E-state index contributed by atoms with van der Waals surface area (Å²) in [5, 5.41) is 0. The number of methoxy groups -OCH3 is 1. The van der Waals surface area contributed by atoms with Gasteiger partial charge < -0.3 is 4.74 Å². The SMILES string of the molecule is COCC(=O)C(C)C(=O)c1ccc(F)cn1. The van der Waals surface area contributed by atoms with Crippen LogP contribution in [0.4, 0.5) is 4.39 Å². The summed E-state index contributed by atoms with van der Waals surface area (Å²) in [4.78, 5) is 26.7. The van der Waals surface area contributed by atoms with Crippen molar-refractivity contribution in [3.63, 3.8) is 0 Å². The first-order valence-corrected chi connectivity index (χ1v) is 4.73. The molecule has 1 unspecified atom stereocenters. The molecule has 1 aromatic rings. The van der Waals surface area contributed by atoms with E-state index >= 15 is 0 Å². The molecule has 0 spiro atoms. The van der Waals surface area contributed by atoms with Crippen LogP contribution in [0.5, 0.6) is 0 Å². The summed E-state index contributed by atoms with van der Waals surface area (Å²) in [7, 11) is 1.38. The molecule has 0 saturated carbocycles. The van der Waals surface area contributed by atoms with Crippen molar-refractivity contribution in [1.29, 1.82) is 0 Å². The number of nitrogens with zero attached hydrogens (tertiary/aromatic N) is 1. The minimum atomic E-state index is -0.821. The van der Waals surface area contributed by atoms with Gasteiger partial charge in [-0.25, -0.2) is 4.39 Å². The lowest BCUT2D eigenvalue weighted by molar-refractivity contribution is -0.124. The van der Waals surface area contributed by atoms with Gasteiger partial charge in [-0.15, -0.1) is 0 Å². The van der Waals surface area contributed by atoms with Crippen LogP contribution in [0.15, 0.2) is 18.3 Å². The third kappa shape index (κ3) is 2.93. The van der Waals surface area contributed by atoms with E-state index in [1.54, 1.807) is 0 Å². The first-order chi connectivity index (χ1) is 7.56. The maximum absolute atomic E-state index is 12.6. The molecule has 0 aliphatic carbocycles. The van der Waals surface area contributed by atoms with Crippen molar-refractivity contribution in [1.82, 2.24) is 4.98 Å². The quantitative estimate of drug-likeness (QED) is 0.559. The van der Waals surface area contributed by atoms with E-state index in [1.807, 2.05) is 0 Å². The third-order valence-corrected chi connectivity index (χ3v) is 2.14. The number of Topliss-reactive ketones (excluding diaryl/α,β-unsaturated/α-hetero) is 2. The lowest BCUT2D eigenvalue weighted by atomic mass is 9.99. The Balaban J connectivity index is 2.78. The van der Waals surface area contributed by atoms with E-state index in [-0.39, 0.29) is 18.1 Å². The molecule has 1 rings (SSSR count). The van der Waals surface area contributed by atoms with Crippen LogP contribution in [0, 0.1) is 11.7 Å². The van der Waals surface area contributed by atoms with Crippen molar-refractivity contribution >= 4 is 11.6 Å². The Morgan fingerprint density at radius 3 is 2.69 bits per heavy atom. The normalized spacial score (nSPS) is 12.2. The molecule has 16 heavy (non-hydrogen) atoms. The molecule has 0 aliphatic rings. The molecular formula is C11H12FNO3. The highest BCUT2D eigenvalue weighted by molar-refractivity contribution is 6.09. The van der Waals surface area contributed by atoms with Crippen LogP contribution in [-0.2, 0) is 9.53 Å². The fourth-order valence-electron chi connectivity index (χ4n) is 1.16. The molecule has 0 N–H and O–H groups in total. The molecule has 0 fully saturated rings. The van der Waals surface area contributed by atoms with E-state index in [4.69, 9.17) is 0 Å². The van der Waals surface area contributed by atoms with Gasteiger partial charge in [0, 0.05) is 7.11 Å². The molecule has 0 radical (unpaired) electrons. The number of aromatic nitrogens is 1. The summed E-state index contributed by atoms with van der Waals surface area (Å²) in [6, 6.07) is 2.39. The first kappa shape index (κ1) is 12.4. The Morgan fingerprint density at radius 2 is 2.19 bits per heavy atom. The van der Waals surface area contributed by atoms with E-state index in [0.717, 1.165) is 12.3 Å². The molecular weight excluding hydrogens is 213 g/mol. The number of hydrogen-bond acceptors (Lipinski definition) is 4. The van der Waals surface area contributed by atoms with Crippen LogP contribution in [0.2, 0.25) is 0 Å². The summed E-state index contributed by atoms with van der Waals surface area (Å²) in [6.45, 7) is 1.36. The topological polar surface area (TPSA) is 56.3 Å². The van der Waals surface area contributed by atoms with Crippen molar-refractivity contribution in [2.75, 3.05) is 13.7 Å². The largest absolute Gasteiger partial charge is 0.377 e. The van der Waals surface area contributed by atoms with E-state index in [0.29, 0.717) is 0 Å². The van der Waals surface area contributed by atoms with Gasteiger partial charge in [0.25, 0.3) is 0 Å². The molecule has 86 valence electrons. The molecule has 0 saturated heterocycles. The monoisotopic (exact) mass is 225 g/mol. The van der Waals surface area contributed by atoms with Gasteiger partial charge in [0.2, 0.25) is 0 Å². The van der Waals surface area contributed by atoms with Gasteiger partial charge in [-0.3, -0.25) is 14.6 Å². The van der Waals surface area contributed by atoms with Gasteiger partial charge in [0.05, 0.1) is 12.1 Å². The van der Waals surface area contributed by atoms with Crippen molar-refractivity contribution in [2.45, 2.75) is 6.92 Å². The predicted molar refractivity (Wildman–Crippen MR) is 54.6 cm³/mol. The minimum Gasteiger partial charge on any atom is -0.377 e. The number of carbonyl (C=O) groups is 2. The second kappa shape index (κ2) is 5.46. The van der Waals surface area contributed by atoms with E-state index in [1.165, 1.54) is 20.1 Å². The lowest BCUT2D eigenvalue weighted by Crippen LogP contribution is -2.25. The third-order valence-electron chi connectivity index (χ3n) is 2.14. The predicted octanol–water partition coefficient (Wildman–Crippen LogP) is 1.26. The van der Waals surface area contributed by atoms with Gasteiger partial charge in [-0.1, -0.05) is 0 Å². The van der Waals surface area contributed by atoms with E-state index < -0.39 is 17.5 Å². The Bertz CT molecular complexity index is 389. The van der Waals surface area contributed by atoms with Gasteiger partial charge in [0.15, 0.2) is 11.6 Å². The van der Waals surface area contributed by atoms with Gasteiger partial charge in [-0.05, 0) is 19.1 Å². The Hall–Kier alpha value is -1.62. The second-order valence-corrected chi connectivity index (χ2v) is 3.35. The summed E-state index contributed by atoms with van der Waals surface area (Å²) >= 11 is 0. The van der Waals surface area contributed by atoms with Gasteiger partial charge in [0.1, 0.15) is 18.1 Å². The van der Waals surface area contributed by atoms with E-state index in [2.05, 4.69) is 9.72 Å². The molecule has 1 heterocycles. The minimum absolute atomic E-state index is 0.0818. The van der Waals surface area contributed by atoms with Crippen LogP contribution in [-0.4, -0.2) is 30.3 Å². The van der Waals surface area contributed by atoms with Crippen molar-refractivity contribution in [3.05, 3.63) is 29.8 Å². The Kier molecular flexibility index (Phi) is 4.25. The Morgan fingerprint density at radius 1 is 1.50 bits per heavy atom. The number of carbonyl (C=O) groups excluding carboxylic acids is 2. The summed E-state index contributed by atoms with van der Waals surface area (Å²) in [5.41, 5.74) is 0.0818. The van der Waals surface area contributed by atoms with Crippen LogP contribution >= 0.6 is 0 Å². The number of rotatable bonds is 5. The number of hydrogen-bond donors (Lipinski definition) is 0. The zero-order valence-electron chi connectivity index (χ0n) is 9.07. The second-order valence-electron chi connectivity index (χ2n) is 3.35. The maximum Gasteiger partial charge on any atom is 0.191 e. The van der Waals surface area contributed by atoms with Crippen LogP contribution < -0.4 is 0 Å². The maximum atomic E-state index is 12.6. The van der Waals surface area contributed by atoms with Crippen molar-refractivity contribution in [2.24, 2.45) is 5.92 Å². The number of halogens is 1. The molecule has 0 aromatic carbocycles. The highest BCUT2D eigenvalue weighted by atomic mass is 19.1. The zero-order chi connectivity index (χ0) is 12.1. The average molecular weight is 225 g/mol. The highest BCUT2D eigenvalue weighted by Gasteiger charge is 2.23. The Labute approximate surface area is 92.4 Å². The fraction of sp³-hybridized carbons (Fsp3) is 0.364.